The zero-order valence-electron chi connectivity index (χ0n) is 30.0. The maximum absolute atomic E-state index is 8.99. The Morgan fingerprint density at radius 1 is 0.408 bits per heavy atom. The predicted molar refractivity (Wildman–Crippen MR) is 200 cm³/mol. The van der Waals surface area contributed by atoms with E-state index in [1.807, 2.05) is 72.8 Å². The van der Waals surface area contributed by atoms with Crippen LogP contribution in [0.3, 0.4) is 0 Å². The molecule has 6 heteroatoms. The van der Waals surface area contributed by atoms with Gasteiger partial charge < -0.3 is 18.4 Å². The lowest BCUT2D eigenvalue weighted by Crippen LogP contribution is -2.46. The average Bonchev–Trinajstić information content (AvgIpc) is 3.11. The standard InChI is InChI=1S/C43H54N4O2/c1-46(2,28-7-5-9-32-48-42-24-20-40(21-25-42)38-16-12-36(34-44)13-17-38)30-11-31-47(3,4)29-8-6-10-33-49-43-26-22-41(23-27-43)39-18-14-37(35-45)15-19-39/h12-27H,5-11,28-33H2,1-4H3/q+2. The summed E-state index contributed by atoms with van der Waals surface area (Å²) in [6, 6.07) is 36.1. The van der Waals surface area contributed by atoms with Crippen LogP contribution in [0, 0.1) is 22.7 Å². The molecule has 0 atom stereocenters. The molecule has 0 aliphatic heterocycles. The second kappa shape index (κ2) is 18.8. The van der Waals surface area contributed by atoms with E-state index in [1.165, 1.54) is 58.3 Å². The molecule has 0 saturated heterocycles. The topological polar surface area (TPSA) is 66.0 Å². The summed E-state index contributed by atoms with van der Waals surface area (Å²) >= 11 is 0. The third kappa shape index (κ3) is 13.1. The molecule has 0 spiro atoms. The van der Waals surface area contributed by atoms with Crippen molar-refractivity contribution in [1.29, 1.82) is 10.5 Å². The van der Waals surface area contributed by atoms with E-state index >= 15 is 0 Å². The van der Waals surface area contributed by atoms with Gasteiger partial charge in [-0.3, -0.25) is 0 Å². The lowest BCUT2D eigenvalue weighted by Gasteiger charge is -2.33. The Morgan fingerprint density at radius 2 is 0.714 bits per heavy atom. The average molecular weight is 659 g/mol. The lowest BCUT2D eigenvalue weighted by molar-refractivity contribution is -0.909. The van der Waals surface area contributed by atoms with Crippen molar-refractivity contribution in [1.82, 2.24) is 0 Å². The van der Waals surface area contributed by atoms with Crippen molar-refractivity contribution in [2.75, 3.05) is 67.6 Å². The summed E-state index contributed by atoms with van der Waals surface area (Å²) in [6.07, 6.45) is 8.17. The molecule has 0 fully saturated rings. The predicted octanol–water partition coefficient (Wildman–Crippen LogP) is 9.11. The quantitative estimate of drug-likeness (QED) is 0.0702. The Hall–Kier alpha value is -4.62. The molecule has 6 nitrogen and oxygen atoms in total. The fourth-order valence-corrected chi connectivity index (χ4v) is 6.13. The van der Waals surface area contributed by atoms with E-state index in [0.717, 1.165) is 68.8 Å². The summed E-state index contributed by atoms with van der Waals surface area (Å²) < 4.78 is 14.1. The molecule has 4 aromatic rings. The van der Waals surface area contributed by atoms with Crippen LogP contribution in [0.2, 0.25) is 0 Å². The van der Waals surface area contributed by atoms with Crippen LogP contribution in [0.15, 0.2) is 97.1 Å². The van der Waals surface area contributed by atoms with E-state index in [4.69, 9.17) is 20.0 Å². The fraction of sp³-hybridized carbons (Fsp3) is 0.395. The summed E-state index contributed by atoms with van der Waals surface area (Å²) in [6.45, 7) is 6.31. The smallest absolute Gasteiger partial charge is 0.119 e. The number of benzene rings is 4. The van der Waals surface area contributed by atoms with Crippen molar-refractivity contribution in [3.05, 3.63) is 108 Å². The molecule has 0 unspecified atom stereocenters. The highest BCUT2D eigenvalue weighted by atomic mass is 16.5. The SMILES string of the molecule is C[N+](C)(CCCCCOc1ccc(-c2ccc(C#N)cc2)cc1)CCC[N+](C)(C)CCCCCOc1ccc(-c2ccc(C#N)cc2)cc1. The minimum Gasteiger partial charge on any atom is -0.494 e. The van der Waals surface area contributed by atoms with Crippen molar-refractivity contribution in [3.8, 4) is 45.9 Å². The van der Waals surface area contributed by atoms with Crippen molar-refractivity contribution in [3.63, 3.8) is 0 Å². The first kappa shape index (κ1) is 37.2. The van der Waals surface area contributed by atoms with Crippen molar-refractivity contribution < 1.29 is 18.4 Å². The third-order valence-corrected chi connectivity index (χ3v) is 9.28. The second-order valence-electron chi connectivity index (χ2n) is 14.4. The highest BCUT2D eigenvalue weighted by molar-refractivity contribution is 5.65. The van der Waals surface area contributed by atoms with E-state index in [0.29, 0.717) is 11.1 Å². The minimum atomic E-state index is 0.678. The summed E-state index contributed by atoms with van der Waals surface area (Å²) in [5.41, 5.74) is 5.82. The van der Waals surface area contributed by atoms with Gasteiger partial charge in [0.05, 0.1) is 90.8 Å². The van der Waals surface area contributed by atoms with Gasteiger partial charge in [-0.1, -0.05) is 48.5 Å². The molecule has 0 bridgehead atoms. The van der Waals surface area contributed by atoms with Crippen LogP contribution in [0.25, 0.3) is 22.3 Å². The van der Waals surface area contributed by atoms with Crippen LogP contribution in [0.1, 0.15) is 56.1 Å². The van der Waals surface area contributed by atoms with Crippen LogP contribution in [-0.2, 0) is 0 Å². The van der Waals surface area contributed by atoms with E-state index in [2.05, 4.69) is 64.6 Å². The maximum atomic E-state index is 8.99. The second-order valence-corrected chi connectivity index (χ2v) is 14.4. The van der Waals surface area contributed by atoms with Gasteiger partial charge in [0.1, 0.15) is 11.5 Å². The van der Waals surface area contributed by atoms with Crippen LogP contribution in [0.5, 0.6) is 11.5 Å². The van der Waals surface area contributed by atoms with Gasteiger partial charge in [0.2, 0.25) is 0 Å². The van der Waals surface area contributed by atoms with Gasteiger partial charge in [-0.05, 0) is 109 Å². The van der Waals surface area contributed by atoms with Crippen molar-refractivity contribution in [2.24, 2.45) is 0 Å². The minimum absolute atomic E-state index is 0.678. The van der Waals surface area contributed by atoms with Crippen LogP contribution >= 0.6 is 0 Å². The molecule has 0 aliphatic rings. The summed E-state index contributed by atoms with van der Waals surface area (Å²) in [4.78, 5) is 0. The van der Waals surface area contributed by atoms with E-state index in [1.54, 1.807) is 0 Å². The Kier molecular flexibility index (Phi) is 14.3. The lowest BCUT2D eigenvalue weighted by atomic mass is 10.0. The summed E-state index contributed by atoms with van der Waals surface area (Å²) in [5, 5.41) is 18.0. The van der Waals surface area contributed by atoms with Crippen molar-refractivity contribution in [2.45, 2.75) is 44.9 Å². The number of ether oxygens (including phenoxy) is 2. The van der Waals surface area contributed by atoms with E-state index < -0.39 is 0 Å². The number of rotatable bonds is 20. The normalized spacial score (nSPS) is 11.5. The molecule has 0 aliphatic carbocycles. The zero-order chi connectivity index (χ0) is 35.0. The molecule has 49 heavy (non-hydrogen) atoms. The van der Waals surface area contributed by atoms with Gasteiger partial charge >= 0.3 is 0 Å². The largest absolute Gasteiger partial charge is 0.494 e. The van der Waals surface area contributed by atoms with Gasteiger partial charge in [-0.2, -0.15) is 10.5 Å². The first-order valence-electron chi connectivity index (χ1n) is 17.8. The molecule has 0 radical (unpaired) electrons. The molecule has 4 rings (SSSR count). The Labute approximate surface area is 294 Å². The molecule has 0 heterocycles. The van der Waals surface area contributed by atoms with Gasteiger partial charge in [-0.15, -0.1) is 0 Å². The zero-order valence-corrected chi connectivity index (χ0v) is 30.0. The van der Waals surface area contributed by atoms with Crippen LogP contribution < -0.4 is 9.47 Å². The number of hydrogen-bond acceptors (Lipinski definition) is 4. The molecule has 4 aromatic carbocycles. The number of nitriles is 2. The monoisotopic (exact) mass is 658 g/mol. The van der Waals surface area contributed by atoms with Gasteiger partial charge in [0.15, 0.2) is 0 Å². The Bertz CT molecular complexity index is 1500. The number of hydrogen-bond donors (Lipinski definition) is 0. The number of nitrogens with zero attached hydrogens (tertiary/aromatic N) is 4. The van der Waals surface area contributed by atoms with Crippen LogP contribution in [0.4, 0.5) is 0 Å². The first-order valence-corrected chi connectivity index (χ1v) is 17.8. The van der Waals surface area contributed by atoms with Gasteiger partial charge in [0.25, 0.3) is 0 Å². The number of quaternary nitrogens is 2. The highest BCUT2D eigenvalue weighted by Gasteiger charge is 2.19. The van der Waals surface area contributed by atoms with Gasteiger partial charge in [0, 0.05) is 6.42 Å². The number of unbranched alkanes of at least 4 members (excludes halogenated alkanes) is 4. The molecule has 0 saturated carbocycles. The summed E-state index contributed by atoms with van der Waals surface area (Å²) in [7, 11) is 9.47. The van der Waals surface area contributed by atoms with Crippen molar-refractivity contribution >= 4 is 0 Å². The highest BCUT2D eigenvalue weighted by Crippen LogP contribution is 2.24. The Morgan fingerprint density at radius 3 is 1.04 bits per heavy atom. The Balaban J connectivity index is 1.01. The van der Waals surface area contributed by atoms with E-state index in [-0.39, 0.29) is 0 Å². The molecular weight excluding hydrogens is 604 g/mol. The first-order chi connectivity index (χ1) is 23.7. The fourth-order valence-electron chi connectivity index (χ4n) is 6.13. The molecule has 256 valence electrons. The van der Waals surface area contributed by atoms with Crippen LogP contribution in [-0.4, -0.2) is 76.5 Å². The maximum Gasteiger partial charge on any atom is 0.119 e. The molecule has 0 amide bonds. The molecule has 0 aromatic heterocycles. The molecular formula is C43H54N4O2+2. The van der Waals surface area contributed by atoms with Gasteiger partial charge in [-0.25, -0.2) is 0 Å². The third-order valence-electron chi connectivity index (χ3n) is 9.28. The van der Waals surface area contributed by atoms with E-state index in [9.17, 15) is 0 Å². The summed E-state index contributed by atoms with van der Waals surface area (Å²) in [5.74, 6) is 1.82. The molecule has 0 N–H and O–H groups in total.